The Labute approximate surface area is 263 Å². The number of rotatable bonds is 8. The zero-order chi connectivity index (χ0) is 32.6. The Balaban J connectivity index is 1.92. The second-order valence-electron chi connectivity index (χ2n) is 13.3. The van der Waals surface area contributed by atoms with Crippen molar-refractivity contribution in [2.75, 3.05) is 12.4 Å². The lowest BCUT2D eigenvalue weighted by atomic mass is 9.62. The molecule has 1 aliphatic rings. The lowest BCUT2D eigenvalue weighted by Gasteiger charge is -2.38. The number of anilines is 1. The molecule has 1 N–H and O–H groups in total. The van der Waals surface area contributed by atoms with Crippen LogP contribution in [0.15, 0.2) is 54.6 Å². The van der Waals surface area contributed by atoms with E-state index in [0.29, 0.717) is 23.2 Å². The Morgan fingerprint density at radius 2 is 1.84 bits per heavy atom. The van der Waals surface area contributed by atoms with Gasteiger partial charge in [-0.05, 0) is 72.6 Å². The number of nitrogens with zero attached hydrogens (tertiary/aromatic N) is 1. The highest BCUT2D eigenvalue weighted by molar-refractivity contribution is 6.30. The quantitative estimate of drug-likeness (QED) is 0.255. The normalized spacial score (nSPS) is 21.6. The molecule has 232 valence electrons. The number of carbonyl (C=O) groups is 2. The summed E-state index contributed by atoms with van der Waals surface area (Å²) in [5.41, 5.74) is -0.218. The average molecular weight is 621 g/mol. The number of aryl methyl sites for hydroxylation is 1. The fourth-order valence-electron chi connectivity index (χ4n) is 6.74. The molecule has 0 aromatic heterocycles. The van der Waals surface area contributed by atoms with Gasteiger partial charge in [0.2, 0.25) is 5.91 Å². The number of carbonyl (C=O) groups excluding carboxylic acids is 2. The topological polar surface area (TPSA) is 79.2 Å². The van der Waals surface area contributed by atoms with Gasteiger partial charge in [0, 0.05) is 28.9 Å². The van der Waals surface area contributed by atoms with Gasteiger partial charge >= 0.3 is 0 Å². The highest BCUT2D eigenvalue weighted by atomic mass is 35.5. The van der Waals surface area contributed by atoms with Crippen molar-refractivity contribution in [1.82, 2.24) is 0 Å². The average Bonchev–Trinajstić information content (AvgIpc) is 3.27. The van der Waals surface area contributed by atoms with E-state index in [2.05, 4.69) is 11.4 Å². The minimum atomic E-state index is -1.59. The van der Waals surface area contributed by atoms with Crippen LogP contribution in [0.3, 0.4) is 0 Å². The molecular formula is C36H39ClF2N2O3. The van der Waals surface area contributed by atoms with Crippen molar-refractivity contribution in [3.8, 4) is 11.8 Å². The Morgan fingerprint density at radius 1 is 1.14 bits per heavy atom. The minimum absolute atomic E-state index is 0.0718. The van der Waals surface area contributed by atoms with E-state index >= 15 is 8.78 Å². The van der Waals surface area contributed by atoms with Crippen molar-refractivity contribution in [2.45, 2.75) is 65.7 Å². The van der Waals surface area contributed by atoms with Crippen molar-refractivity contribution in [1.29, 1.82) is 5.26 Å². The highest BCUT2D eigenvalue weighted by Gasteiger charge is 2.61. The summed E-state index contributed by atoms with van der Waals surface area (Å²) in [6.07, 6.45) is 0.679. The first-order chi connectivity index (χ1) is 20.6. The maximum atomic E-state index is 15.9. The maximum Gasteiger partial charge on any atom is 0.228 e. The molecule has 0 radical (unpaired) electrons. The van der Waals surface area contributed by atoms with Crippen molar-refractivity contribution in [3.63, 3.8) is 0 Å². The molecule has 44 heavy (non-hydrogen) atoms. The van der Waals surface area contributed by atoms with Crippen LogP contribution in [-0.2, 0) is 10.2 Å². The number of amides is 1. The maximum absolute atomic E-state index is 15.9. The molecule has 0 heterocycles. The van der Waals surface area contributed by atoms with E-state index in [0.717, 1.165) is 0 Å². The summed E-state index contributed by atoms with van der Waals surface area (Å²) in [6, 6.07) is 16.4. The molecule has 8 heteroatoms. The molecule has 0 unspecified atom stereocenters. The summed E-state index contributed by atoms with van der Waals surface area (Å²) in [5, 5.41) is 13.8. The SMILES string of the molecule is COc1cc(C(=O)C(C)C)ccc1NC(=O)[C@@H]1C[C@@H](CC(C)(C)C)[C@](C#N)(c2ccc(C)cc2F)[C@H]1c1cccc(Cl)c1F. The Bertz CT molecular complexity index is 1620. The van der Waals surface area contributed by atoms with Crippen LogP contribution in [0.1, 0.15) is 80.4 Å². The van der Waals surface area contributed by atoms with Gasteiger partial charge in [0.1, 0.15) is 17.4 Å². The molecule has 3 aromatic rings. The summed E-state index contributed by atoms with van der Waals surface area (Å²) in [4.78, 5) is 26.9. The molecular weight excluding hydrogens is 582 g/mol. The number of hydrogen-bond donors (Lipinski definition) is 1. The van der Waals surface area contributed by atoms with E-state index in [9.17, 15) is 14.9 Å². The van der Waals surface area contributed by atoms with Gasteiger partial charge in [-0.2, -0.15) is 5.26 Å². The van der Waals surface area contributed by atoms with Gasteiger partial charge in [-0.15, -0.1) is 0 Å². The van der Waals surface area contributed by atoms with E-state index in [4.69, 9.17) is 16.3 Å². The molecule has 1 aliphatic carbocycles. The molecule has 1 fully saturated rings. The summed E-state index contributed by atoms with van der Waals surface area (Å²) in [5.74, 6) is -4.31. The van der Waals surface area contributed by atoms with Crippen LogP contribution in [0.4, 0.5) is 14.5 Å². The standard InChI is InChI=1S/C36H39ClF2N2O3/c1-20(2)33(42)22-12-14-29(30(16-22)44-7)41-34(43)25-17-23(18-35(4,5)6)36(19-40,26-13-11-21(3)15-28(26)38)31(25)24-9-8-10-27(37)32(24)39/h8-16,20,23,25,31H,17-18H2,1-7H3,(H,41,43)/t23-,25+,31-,36+/m0/s1. The Morgan fingerprint density at radius 3 is 2.43 bits per heavy atom. The summed E-state index contributed by atoms with van der Waals surface area (Å²) in [6.45, 7) is 11.4. The molecule has 0 aliphatic heterocycles. The van der Waals surface area contributed by atoms with Gasteiger partial charge in [0.25, 0.3) is 0 Å². The molecule has 4 rings (SSSR count). The third-order valence-electron chi connectivity index (χ3n) is 8.61. The van der Waals surface area contributed by atoms with Gasteiger partial charge in [0.15, 0.2) is 5.78 Å². The summed E-state index contributed by atoms with van der Waals surface area (Å²) < 4.78 is 37.4. The van der Waals surface area contributed by atoms with Gasteiger partial charge in [-0.1, -0.05) is 70.5 Å². The third kappa shape index (κ3) is 6.23. The van der Waals surface area contributed by atoms with Crippen LogP contribution in [0.25, 0.3) is 0 Å². The summed E-state index contributed by atoms with van der Waals surface area (Å²) in [7, 11) is 1.44. The zero-order valence-electron chi connectivity index (χ0n) is 26.2. The summed E-state index contributed by atoms with van der Waals surface area (Å²) >= 11 is 6.25. The molecule has 4 atom stereocenters. The Hall–Kier alpha value is -3.76. The number of ether oxygens (including phenoxy) is 1. The van der Waals surface area contributed by atoms with Crippen LogP contribution in [0, 0.1) is 53.1 Å². The molecule has 3 aromatic carbocycles. The molecule has 1 saturated carbocycles. The second-order valence-corrected chi connectivity index (χ2v) is 13.7. The van der Waals surface area contributed by atoms with Gasteiger partial charge < -0.3 is 10.1 Å². The van der Waals surface area contributed by atoms with Gasteiger partial charge in [-0.3, -0.25) is 9.59 Å². The van der Waals surface area contributed by atoms with E-state index in [1.54, 1.807) is 57.2 Å². The largest absolute Gasteiger partial charge is 0.495 e. The number of hydrogen-bond acceptors (Lipinski definition) is 4. The molecule has 0 saturated heterocycles. The molecule has 5 nitrogen and oxygen atoms in total. The van der Waals surface area contributed by atoms with Gasteiger partial charge in [0.05, 0.1) is 29.3 Å². The third-order valence-corrected chi connectivity index (χ3v) is 8.90. The van der Waals surface area contributed by atoms with Crippen LogP contribution < -0.4 is 10.1 Å². The first-order valence-electron chi connectivity index (χ1n) is 14.8. The van der Waals surface area contributed by atoms with Crippen LogP contribution in [-0.4, -0.2) is 18.8 Å². The van der Waals surface area contributed by atoms with Gasteiger partial charge in [-0.25, -0.2) is 8.78 Å². The van der Waals surface area contributed by atoms with E-state index in [-0.39, 0.29) is 45.4 Å². The predicted octanol–water partition coefficient (Wildman–Crippen LogP) is 9.03. The number of halogens is 3. The minimum Gasteiger partial charge on any atom is -0.495 e. The zero-order valence-corrected chi connectivity index (χ0v) is 27.0. The lowest BCUT2D eigenvalue weighted by Crippen LogP contribution is -2.39. The van der Waals surface area contributed by atoms with Crippen molar-refractivity contribution >= 4 is 29.0 Å². The Kier molecular flexibility index (Phi) is 9.56. The fraction of sp³-hybridized carbons (Fsp3) is 0.417. The fourth-order valence-corrected chi connectivity index (χ4v) is 6.92. The number of Topliss-reactive ketones (excluding diaryl/α,β-unsaturated/α-hetero) is 1. The predicted molar refractivity (Wildman–Crippen MR) is 169 cm³/mol. The van der Waals surface area contributed by atoms with Crippen LogP contribution in [0.2, 0.25) is 5.02 Å². The number of nitrogens with one attached hydrogen (secondary N) is 1. The number of methoxy groups -OCH3 is 1. The second kappa shape index (κ2) is 12.7. The number of benzene rings is 3. The molecule has 0 bridgehead atoms. The lowest BCUT2D eigenvalue weighted by molar-refractivity contribution is -0.120. The number of ketones is 1. The molecule has 0 spiro atoms. The van der Waals surface area contributed by atoms with Crippen molar-refractivity contribution in [3.05, 3.63) is 93.5 Å². The van der Waals surface area contributed by atoms with Crippen molar-refractivity contribution in [2.24, 2.45) is 23.2 Å². The van der Waals surface area contributed by atoms with Crippen molar-refractivity contribution < 1.29 is 23.1 Å². The first kappa shape index (κ1) is 33.1. The van der Waals surface area contributed by atoms with Crippen LogP contribution in [0.5, 0.6) is 5.75 Å². The monoisotopic (exact) mass is 620 g/mol. The molecule has 1 amide bonds. The number of nitriles is 1. The van der Waals surface area contributed by atoms with E-state index in [1.807, 2.05) is 20.8 Å². The van der Waals surface area contributed by atoms with E-state index in [1.165, 1.54) is 25.3 Å². The van der Waals surface area contributed by atoms with Crippen LogP contribution >= 0.6 is 11.6 Å². The smallest absolute Gasteiger partial charge is 0.228 e. The van der Waals surface area contributed by atoms with E-state index < -0.39 is 40.7 Å². The highest BCUT2D eigenvalue weighted by Crippen LogP contribution is 2.61. The first-order valence-corrected chi connectivity index (χ1v) is 15.2.